The maximum atomic E-state index is 13.9. The first-order chi connectivity index (χ1) is 19.4. The Morgan fingerprint density at radius 2 is 1.65 bits per heavy atom. The largest absolute Gasteiger partial charge is 0.481 e. The van der Waals surface area contributed by atoms with Gasteiger partial charge in [-0.1, -0.05) is 44.9 Å². The van der Waals surface area contributed by atoms with Gasteiger partial charge in [-0.3, -0.25) is 9.59 Å². The van der Waals surface area contributed by atoms with E-state index in [2.05, 4.69) is 10.6 Å². The number of unbranched alkanes of at least 4 members (excludes halogenated alkanes) is 1. The number of amides is 3. The van der Waals surface area contributed by atoms with Gasteiger partial charge in [0, 0.05) is 9.75 Å². The summed E-state index contributed by atoms with van der Waals surface area (Å²) >= 11 is 3.17. The molecular weight excluding hydrogens is 550 g/mol. The molecule has 9 nitrogen and oxygen atoms in total. The summed E-state index contributed by atoms with van der Waals surface area (Å²) < 4.78 is 10.9. The monoisotopic (exact) mass is 585 g/mol. The van der Waals surface area contributed by atoms with Crippen LogP contribution in [0.15, 0.2) is 53.2 Å². The van der Waals surface area contributed by atoms with Crippen molar-refractivity contribution in [2.45, 2.75) is 64.7 Å². The highest BCUT2D eigenvalue weighted by atomic mass is 32.1. The van der Waals surface area contributed by atoms with Gasteiger partial charge in [0.1, 0.15) is 6.04 Å². The van der Waals surface area contributed by atoms with Crippen LogP contribution in [0.4, 0.5) is 4.79 Å². The van der Waals surface area contributed by atoms with E-state index >= 15 is 0 Å². The van der Waals surface area contributed by atoms with Crippen LogP contribution in [0.1, 0.15) is 60.9 Å². The van der Waals surface area contributed by atoms with Gasteiger partial charge >= 0.3 is 12.0 Å². The number of carboxylic acids is 1. The number of carbonyl (C=O) groups is 3. The first-order valence-corrected chi connectivity index (χ1v) is 15.2. The number of rotatable bonds is 14. The fourth-order valence-corrected chi connectivity index (χ4v) is 6.13. The number of thiophene rings is 2. The number of ether oxygens (including phenoxy) is 2. The molecular formula is C29H35N3O6S2. The van der Waals surface area contributed by atoms with Gasteiger partial charge in [-0.2, -0.15) is 0 Å². The van der Waals surface area contributed by atoms with Crippen molar-refractivity contribution in [1.29, 1.82) is 0 Å². The van der Waals surface area contributed by atoms with E-state index in [0.717, 1.165) is 22.6 Å². The third-order valence-electron chi connectivity index (χ3n) is 6.82. The highest BCUT2D eigenvalue weighted by molar-refractivity contribution is 7.10. The third kappa shape index (κ3) is 7.54. The maximum Gasteiger partial charge on any atom is 0.315 e. The van der Waals surface area contributed by atoms with Crippen molar-refractivity contribution in [2.75, 3.05) is 6.79 Å². The number of nitrogens with one attached hydrogen (secondary N) is 2. The van der Waals surface area contributed by atoms with Crippen molar-refractivity contribution in [3.63, 3.8) is 0 Å². The van der Waals surface area contributed by atoms with Crippen LogP contribution in [0, 0.1) is 5.92 Å². The molecule has 2 aromatic heterocycles. The zero-order valence-electron chi connectivity index (χ0n) is 22.6. The van der Waals surface area contributed by atoms with E-state index in [9.17, 15) is 19.5 Å². The van der Waals surface area contributed by atoms with Crippen molar-refractivity contribution >= 4 is 40.6 Å². The summed E-state index contributed by atoms with van der Waals surface area (Å²) in [5, 5.41) is 19.6. The van der Waals surface area contributed by atoms with Crippen LogP contribution in [0.5, 0.6) is 11.5 Å². The van der Waals surface area contributed by atoms with Crippen LogP contribution in [-0.4, -0.2) is 40.7 Å². The number of aliphatic carboxylic acids is 1. The molecule has 0 spiro atoms. The molecule has 0 fully saturated rings. The fourth-order valence-electron chi connectivity index (χ4n) is 4.70. The average molecular weight is 586 g/mol. The van der Waals surface area contributed by atoms with Crippen LogP contribution in [0.2, 0.25) is 0 Å². The summed E-state index contributed by atoms with van der Waals surface area (Å²) in [5.74, 6) is -1.02. The van der Waals surface area contributed by atoms with E-state index in [-0.39, 0.29) is 12.7 Å². The normalized spacial score (nSPS) is 14.2. The van der Waals surface area contributed by atoms with Gasteiger partial charge in [0.15, 0.2) is 11.5 Å². The summed E-state index contributed by atoms with van der Waals surface area (Å²) in [6.07, 6.45) is 2.38. The second-order valence-corrected chi connectivity index (χ2v) is 11.7. The van der Waals surface area contributed by atoms with E-state index in [1.165, 1.54) is 0 Å². The Bertz CT molecular complexity index is 1230. The second-order valence-electron chi connectivity index (χ2n) is 9.61. The first-order valence-electron chi connectivity index (χ1n) is 13.4. The molecule has 0 aliphatic carbocycles. The number of nitrogens with zero attached hydrogens (tertiary/aromatic N) is 1. The molecule has 1 aliphatic heterocycles. The molecule has 40 heavy (non-hydrogen) atoms. The van der Waals surface area contributed by atoms with Crippen molar-refractivity contribution in [1.82, 2.24) is 15.5 Å². The minimum Gasteiger partial charge on any atom is -0.481 e. The van der Waals surface area contributed by atoms with E-state index in [0.29, 0.717) is 43.0 Å². The number of urea groups is 1. The van der Waals surface area contributed by atoms with Gasteiger partial charge in [0.2, 0.25) is 12.7 Å². The quantitative estimate of drug-likeness (QED) is 0.221. The maximum absolute atomic E-state index is 13.9. The molecule has 214 valence electrons. The highest BCUT2D eigenvalue weighted by Gasteiger charge is 2.33. The van der Waals surface area contributed by atoms with Crippen LogP contribution in [-0.2, 0) is 22.7 Å². The molecule has 0 bridgehead atoms. The Balaban J connectivity index is 1.54. The molecule has 3 aromatic rings. The Morgan fingerprint density at radius 3 is 2.23 bits per heavy atom. The Hall–Kier alpha value is -3.57. The van der Waals surface area contributed by atoms with Gasteiger partial charge in [-0.05, 0) is 53.4 Å². The lowest BCUT2D eigenvalue weighted by Gasteiger charge is -2.29. The molecule has 3 N–H and O–H groups in total. The molecule has 11 heteroatoms. The zero-order chi connectivity index (χ0) is 28.5. The predicted molar refractivity (Wildman–Crippen MR) is 155 cm³/mol. The molecule has 4 rings (SSSR count). The van der Waals surface area contributed by atoms with Crippen molar-refractivity contribution in [2.24, 2.45) is 5.92 Å². The van der Waals surface area contributed by atoms with Crippen LogP contribution in [0.3, 0.4) is 0 Å². The molecule has 3 atom stereocenters. The van der Waals surface area contributed by atoms with Crippen molar-refractivity contribution in [3.05, 3.63) is 68.5 Å². The molecule has 3 heterocycles. The molecule has 1 aliphatic rings. The second kappa shape index (κ2) is 14.2. The van der Waals surface area contributed by atoms with E-state index in [1.54, 1.807) is 52.7 Å². The number of hydrogen-bond donors (Lipinski definition) is 3. The van der Waals surface area contributed by atoms with Crippen molar-refractivity contribution < 1.29 is 29.0 Å². The third-order valence-corrected chi connectivity index (χ3v) is 8.54. The Kier molecular flexibility index (Phi) is 10.4. The van der Waals surface area contributed by atoms with E-state index in [4.69, 9.17) is 9.47 Å². The number of hydrogen-bond acceptors (Lipinski definition) is 7. The summed E-state index contributed by atoms with van der Waals surface area (Å²) in [6.45, 7) is 4.76. The van der Waals surface area contributed by atoms with Gasteiger partial charge in [0.25, 0.3) is 0 Å². The van der Waals surface area contributed by atoms with Crippen LogP contribution in [0.25, 0.3) is 0 Å². The minimum atomic E-state index is -1.03. The van der Waals surface area contributed by atoms with Crippen LogP contribution < -0.4 is 20.1 Å². The smallest absolute Gasteiger partial charge is 0.315 e. The molecule has 0 saturated heterocycles. The molecule has 1 unspecified atom stereocenters. The average Bonchev–Trinajstić information content (AvgIpc) is 3.73. The number of fused-ring (bicyclic) bond motifs is 1. The van der Waals surface area contributed by atoms with E-state index < -0.39 is 30.0 Å². The molecule has 1 aromatic carbocycles. The summed E-state index contributed by atoms with van der Waals surface area (Å²) in [4.78, 5) is 43.3. The zero-order valence-corrected chi connectivity index (χ0v) is 24.3. The first kappa shape index (κ1) is 29.4. The highest BCUT2D eigenvalue weighted by Crippen LogP contribution is 2.36. The molecule has 0 radical (unpaired) electrons. The molecule has 3 amide bonds. The van der Waals surface area contributed by atoms with Crippen LogP contribution >= 0.6 is 22.7 Å². The lowest BCUT2D eigenvalue weighted by Crippen LogP contribution is -2.52. The number of benzene rings is 1. The van der Waals surface area contributed by atoms with Gasteiger partial charge < -0.3 is 30.1 Å². The van der Waals surface area contributed by atoms with E-state index in [1.807, 2.05) is 41.9 Å². The Labute approximate surface area is 242 Å². The van der Waals surface area contributed by atoms with Gasteiger partial charge in [0.05, 0.1) is 25.0 Å². The Morgan fingerprint density at radius 1 is 0.975 bits per heavy atom. The van der Waals surface area contributed by atoms with Gasteiger partial charge in [-0.15, -0.1) is 22.7 Å². The SMILES string of the molecule is CCCC[C@H](NC(=O)N[C@@H](c1ccc2c(c1)OCO2)C(CC)C(=O)O)C(=O)N(Cc1cccs1)Cc1cccs1. The summed E-state index contributed by atoms with van der Waals surface area (Å²) in [6, 6.07) is 10.8. The minimum absolute atomic E-state index is 0.0855. The van der Waals surface area contributed by atoms with Crippen molar-refractivity contribution in [3.8, 4) is 11.5 Å². The molecule has 0 saturated carbocycles. The lowest BCUT2D eigenvalue weighted by molar-refractivity contribution is -0.143. The predicted octanol–water partition coefficient (Wildman–Crippen LogP) is 5.78. The topological polar surface area (TPSA) is 117 Å². The standard InChI is InChI=1S/C29H35N3O6S2/c1-3-5-10-23(27(33)32(16-20-8-6-13-39-20)17-21-9-7-14-40-21)30-29(36)31-26(22(4-2)28(34)35)19-11-12-24-25(15-19)38-18-37-24/h6-9,11-15,22-23,26H,3-5,10,16-18H2,1-2H3,(H,34,35)(H2,30,31,36)/t22?,23-,26-/m0/s1. The lowest BCUT2D eigenvalue weighted by atomic mass is 9.90. The number of carbonyl (C=O) groups excluding carboxylic acids is 2. The fraction of sp³-hybridized carbons (Fsp3) is 0.414. The number of carboxylic acid groups (broad SMARTS) is 1. The summed E-state index contributed by atoms with van der Waals surface area (Å²) in [7, 11) is 0. The van der Waals surface area contributed by atoms with Gasteiger partial charge in [-0.25, -0.2) is 4.79 Å². The summed E-state index contributed by atoms with van der Waals surface area (Å²) in [5.41, 5.74) is 0.585.